The van der Waals surface area contributed by atoms with Crippen LogP contribution in [0.15, 0.2) is 205 Å². The maximum atomic E-state index is 6.61. The van der Waals surface area contributed by atoms with Crippen LogP contribution in [0.25, 0.3) is 66.1 Å². The van der Waals surface area contributed by atoms with Gasteiger partial charge in [0.2, 0.25) is 0 Å². The Labute approximate surface area is 319 Å². The van der Waals surface area contributed by atoms with Crippen molar-refractivity contribution in [2.75, 3.05) is 4.90 Å². The number of furan rings is 1. The second kappa shape index (κ2) is 11.4. The Morgan fingerprint density at radius 3 is 1.80 bits per heavy atom. The minimum atomic E-state index is -0.561. The molecule has 1 heterocycles. The van der Waals surface area contributed by atoms with Crippen LogP contribution in [-0.2, 0) is 5.41 Å². The van der Waals surface area contributed by atoms with Crippen molar-refractivity contribution in [2.24, 2.45) is 0 Å². The molecule has 55 heavy (non-hydrogen) atoms. The summed E-state index contributed by atoms with van der Waals surface area (Å²) in [6.45, 7) is 0. The molecule has 256 valence electrons. The third-order valence-electron chi connectivity index (χ3n) is 12.0. The van der Waals surface area contributed by atoms with Gasteiger partial charge < -0.3 is 9.32 Å². The highest BCUT2D eigenvalue weighted by atomic mass is 16.3. The summed E-state index contributed by atoms with van der Waals surface area (Å²) in [5, 5.41) is 4.78. The van der Waals surface area contributed by atoms with E-state index < -0.39 is 5.41 Å². The Bertz CT molecular complexity index is 3120. The first kappa shape index (κ1) is 30.3. The van der Waals surface area contributed by atoms with Gasteiger partial charge in [-0.15, -0.1) is 0 Å². The molecule has 0 saturated carbocycles. The number of hydrogen-bond donors (Lipinski definition) is 0. The number of fused-ring (bicyclic) bond motifs is 15. The zero-order valence-corrected chi connectivity index (χ0v) is 29.9. The van der Waals surface area contributed by atoms with Crippen molar-refractivity contribution in [2.45, 2.75) is 5.41 Å². The second-order valence-electron chi connectivity index (χ2n) is 14.8. The second-order valence-corrected chi connectivity index (χ2v) is 14.8. The van der Waals surface area contributed by atoms with E-state index in [1.54, 1.807) is 0 Å². The molecule has 10 aromatic rings. The number of benzene rings is 9. The maximum absolute atomic E-state index is 6.61. The Kier molecular flexibility index (Phi) is 6.29. The first-order chi connectivity index (χ1) is 27.3. The predicted octanol–water partition coefficient (Wildman–Crippen LogP) is 14.2. The van der Waals surface area contributed by atoms with Crippen molar-refractivity contribution < 1.29 is 4.42 Å². The largest absolute Gasteiger partial charge is 0.456 e. The van der Waals surface area contributed by atoms with Crippen LogP contribution in [0.4, 0.5) is 17.1 Å². The van der Waals surface area contributed by atoms with Gasteiger partial charge in [-0.3, -0.25) is 0 Å². The first-order valence-electron chi connectivity index (χ1n) is 19.0. The van der Waals surface area contributed by atoms with Crippen LogP contribution in [0.3, 0.4) is 0 Å². The van der Waals surface area contributed by atoms with E-state index in [0.717, 1.165) is 33.6 Å². The van der Waals surface area contributed by atoms with Gasteiger partial charge in [0, 0.05) is 27.7 Å². The van der Waals surface area contributed by atoms with Crippen LogP contribution in [0, 0.1) is 0 Å². The van der Waals surface area contributed by atoms with Crippen LogP contribution in [-0.4, -0.2) is 0 Å². The average molecular weight is 700 g/mol. The molecule has 2 aliphatic rings. The van der Waals surface area contributed by atoms with Gasteiger partial charge in [-0.05, 0) is 103 Å². The molecular formula is C53H33NO. The molecular weight excluding hydrogens is 667 g/mol. The molecule has 1 spiro atoms. The van der Waals surface area contributed by atoms with Gasteiger partial charge in [0.15, 0.2) is 0 Å². The molecule has 2 nitrogen and oxygen atoms in total. The van der Waals surface area contributed by atoms with Crippen molar-refractivity contribution >= 4 is 49.8 Å². The lowest BCUT2D eigenvalue weighted by Crippen LogP contribution is -2.26. The third kappa shape index (κ3) is 4.14. The minimum absolute atomic E-state index is 0.561. The summed E-state index contributed by atoms with van der Waals surface area (Å²) in [5.41, 5.74) is 17.3. The molecule has 0 radical (unpaired) electrons. The maximum Gasteiger partial charge on any atom is 0.135 e. The minimum Gasteiger partial charge on any atom is -0.456 e. The highest BCUT2D eigenvalue weighted by Gasteiger charge is 2.53. The normalized spacial score (nSPS) is 13.2. The van der Waals surface area contributed by atoms with Gasteiger partial charge in [0.1, 0.15) is 11.2 Å². The summed E-state index contributed by atoms with van der Waals surface area (Å²) in [7, 11) is 0. The summed E-state index contributed by atoms with van der Waals surface area (Å²) in [6, 6.07) is 73.3. The van der Waals surface area contributed by atoms with Crippen molar-refractivity contribution in [3.05, 3.63) is 222 Å². The zero-order valence-electron chi connectivity index (χ0n) is 29.9. The van der Waals surface area contributed by atoms with Crippen molar-refractivity contribution in [1.82, 2.24) is 0 Å². The summed E-state index contributed by atoms with van der Waals surface area (Å²) < 4.78 is 6.61. The Morgan fingerprint density at radius 2 is 0.982 bits per heavy atom. The molecule has 0 aliphatic heterocycles. The Morgan fingerprint density at radius 1 is 0.382 bits per heavy atom. The van der Waals surface area contributed by atoms with E-state index in [4.69, 9.17) is 4.42 Å². The summed E-state index contributed by atoms with van der Waals surface area (Å²) in [4.78, 5) is 2.46. The molecule has 0 fully saturated rings. The van der Waals surface area contributed by atoms with Gasteiger partial charge in [-0.2, -0.15) is 0 Å². The van der Waals surface area contributed by atoms with Crippen LogP contribution in [0.1, 0.15) is 22.3 Å². The summed E-state index contributed by atoms with van der Waals surface area (Å²) in [5.74, 6) is 0. The summed E-state index contributed by atoms with van der Waals surface area (Å²) >= 11 is 0. The molecule has 2 heteroatoms. The van der Waals surface area contributed by atoms with Gasteiger partial charge >= 0.3 is 0 Å². The van der Waals surface area contributed by atoms with Crippen LogP contribution < -0.4 is 4.90 Å². The molecule has 0 amide bonds. The van der Waals surface area contributed by atoms with Crippen molar-refractivity contribution in [3.63, 3.8) is 0 Å². The topological polar surface area (TPSA) is 16.4 Å². The Balaban J connectivity index is 1.20. The van der Waals surface area contributed by atoms with Gasteiger partial charge in [0.25, 0.3) is 0 Å². The molecule has 2 aliphatic carbocycles. The molecule has 9 aromatic carbocycles. The quantitative estimate of drug-likeness (QED) is 0.182. The highest BCUT2D eigenvalue weighted by molar-refractivity contribution is 6.13. The van der Waals surface area contributed by atoms with Crippen molar-refractivity contribution in [3.8, 4) is 33.4 Å². The average Bonchev–Trinajstić information content (AvgIpc) is 3.88. The van der Waals surface area contributed by atoms with E-state index in [-0.39, 0.29) is 0 Å². The van der Waals surface area contributed by atoms with E-state index in [1.807, 2.05) is 0 Å². The number of anilines is 3. The predicted molar refractivity (Wildman–Crippen MR) is 228 cm³/mol. The zero-order chi connectivity index (χ0) is 36.1. The lowest BCUT2D eigenvalue weighted by molar-refractivity contribution is 0.668. The SMILES string of the molecule is c1ccc(-c2ccccc2N(c2ccc3c(c2)C2(c4ccccc4-c4ccccc42)c2c-3ccc3oc4ccccc4c23)c2ccc3ccccc3c2)cc1. The third-order valence-corrected chi connectivity index (χ3v) is 12.0. The van der Waals surface area contributed by atoms with E-state index in [9.17, 15) is 0 Å². The van der Waals surface area contributed by atoms with Gasteiger partial charge in [-0.25, -0.2) is 0 Å². The van der Waals surface area contributed by atoms with Crippen LogP contribution in [0.5, 0.6) is 0 Å². The molecule has 0 saturated heterocycles. The van der Waals surface area contributed by atoms with Crippen molar-refractivity contribution in [1.29, 1.82) is 0 Å². The van der Waals surface area contributed by atoms with Gasteiger partial charge in [-0.1, -0.05) is 158 Å². The number of para-hydroxylation sites is 2. The standard InChI is InChI=1S/C53H33NO/c1-2-15-35(16-3-1)39-18-8-12-24-48(39)54(37-27-26-34-14-4-5-17-36(34)32-37)38-28-29-42-43-30-31-50-51(44-21-9-13-25-49(44)55-50)52(43)53(47(42)33-38)45-22-10-6-19-40(45)41-20-7-11-23-46(41)53/h1-33H. The van der Waals surface area contributed by atoms with E-state index in [2.05, 4.69) is 205 Å². The highest BCUT2D eigenvalue weighted by Crippen LogP contribution is 2.65. The number of rotatable bonds is 4. The molecule has 1 aromatic heterocycles. The van der Waals surface area contributed by atoms with Gasteiger partial charge in [0.05, 0.1) is 11.1 Å². The monoisotopic (exact) mass is 699 g/mol. The molecule has 0 bridgehead atoms. The first-order valence-corrected chi connectivity index (χ1v) is 19.0. The fourth-order valence-electron chi connectivity index (χ4n) is 9.85. The summed E-state index contributed by atoms with van der Waals surface area (Å²) in [6.07, 6.45) is 0. The lowest BCUT2D eigenvalue weighted by Gasteiger charge is -2.33. The number of hydrogen-bond acceptors (Lipinski definition) is 2. The molecule has 0 N–H and O–H groups in total. The fourth-order valence-corrected chi connectivity index (χ4v) is 9.85. The Hall–Kier alpha value is -7.16. The number of nitrogens with zero attached hydrogens (tertiary/aromatic N) is 1. The van der Waals surface area contributed by atoms with E-state index in [1.165, 1.54) is 71.8 Å². The molecule has 12 rings (SSSR count). The lowest BCUT2D eigenvalue weighted by atomic mass is 9.69. The van der Waals surface area contributed by atoms with Crippen LogP contribution >= 0.6 is 0 Å². The molecule has 0 unspecified atom stereocenters. The smallest absolute Gasteiger partial charge is 0.135 e. The van der Waals surface area contributed by atoms with Crippen LogP contribution in [0.2, 0.25) is 0 Å². The molecule has 0 atom stereocenters. The van der Waals surface area contributed by atoms with E-state index >= 15 is 0 Å². The fraction of sp³-hybridized carbons (Fsp3) is 0.0189. The van der Waals surface area contributed by atoms with E-state index in [0.29, 0.717) is 0 Å².